The zero-order valence-electron chi connectivity index (χ0n) is 47.8. The lowest BCUT2D eigenvalue weighted by atomic mass is 10.2. The number of morpholine rings is 1. The fraction of sp³-hybridized carbons (Fsp3) is 0.630. The Kier molecular flexibility index (Phi) is 79.4. The maximum atomic E-state index is 10.9. The number of ether oxygens (including phenoxy) is 3. The summed E-state index contributed by atoms with van der Waals surface area (Å²) >= 11 is 11.3. The van der Waals surface area contributed by atoms with Crippen molar-refractivity contribution in [3.8, 4) is 0 Å². The summed E-state index contributed by atoms with van der Waals surface area (Å²) in [7, 11) is 4.52. The number of hydrogen-bond donors (Lipinski definition) is 2. The van der Waals surface area contributed by atoms with Crippen LogP contribution in [-0.2, 0) is 42.1 Å². The molecule has 3 aromatic rings. The van der Waals surface area contributed by atoms with Gasteiger partial charge >= 0.3 is 5.97 Å². The van der Waals surface area contributed by atoms with E-state index < -0.39 is 0 Å². The third-order valence-electron chi connectivity index (χ3n) is 6.54. The summed E-state index contributed by atoms with van der Waals surface area (Å²) in [6.07, 6.45) is 5.50. The number of rotatable bonds is 4. The summed E-state index contributed by atoms with van der Waals surface area (Å²) in [5, 5.41) is 8.86. The van der Waals surface area contributed by atoms with Crippen LogP contribution in [0.3, 0.4) is 0 Å². The van der Waals surface area contributed by atoms with E-state index in [0.29, 0.717) is 0 Å². The molecule has 2 aliphatic rings. The number of methoxy groups -OCH3 is 2. The van der Waals surface area contributed by atoms with Gasteiger partial charge in [-0.15, -0.1) is 0 Å². The predicted molar refractivity (Wildman–Crippen MR) is 299 cm³/mol. The van der Waals surface area contributed by atoms with E-state index in [1.54, 1.807) is 21.1 Å². The van der Waals surface area contributed by atoms with E-state index in [9.17, 15) is 24.0 Å². The molecule has 2 saturated heterocycles. The van der Waals surface area contributed by atoms with Gasteiger partial charge in [0.25, 0.3) is 0 Å². The lowest BCUT2D eigenvalue weighted by molar-refractivity contribution is -0.670. The van der Waals surface area contributed by atoms with E-state index in [-0.39, 0.29) is 53.8 Å². The van der Waals surface area contributed by atoms with Gasteiger partial charge in [0, 0.05) is 42.0 Å². The molecule has 0 atom stereocenters. The number of carbonyl (C=O) groups excluding carboxylic acids is 5. The second kappa shape index (κ2) is 66.5. The van der Waals surface area contributed by atoms with Crippen LogP contribution in [0.15, 0.2) is 60.7 Å². The van der Waals surface area contributed by atoms with Crippen LogP contribution in [0.2, 0.25) is 29.9 Å². The minimum Gasteiger partial charge on any atom is -0.469 e. The standard InChI is InChI=1S/C8H8O.C8H10.C6H6Cl2N2O.C5H11N.C4H9NO.C4H10.C3H6O2.C3H8O.2C3H6O.C3H10Si.2C2H6/c1-7(9)8-5-3-2-4-6-8;1-2-8-6-4-3-5-7-8;1-3(11)4-5(7)9-10(2)6(4)8;1-2-4-6-5-3-1;1-3-6-4-2-5-1;1-4(2)3;1-3(4)5-2;1-3-4-2;2*1-3(2)4;1-4(2)3;2*1-2/h2-6H,1H3;3-7H,2H2,1H3;1-2H3;6H,1-5H2;5H,1-4H2;4H,1-3H3;1-2H3;3H2,1-2H3;2*1-2H3;4H,1-3H3;2*1-2H3/p+2. The Morgan fingerprint density at radius 3 is 1.14 bits per heavy atom. The highest BCUT2D eigenvalue weighted by Gasteiger charge is 2.16. The number of halogens is 2. The molecule has 2 aliphatic heterocycles. The van der Waals surface area contributed by atoms with E-state index in [4.69, 9.17) is 27.9 Å². The number of ketones is 4. The van der Waals surface area contributed by atoms with E-state index in [2.05, 4.69) is 96.8 Å². The Morgan fingerprint density at radius 1 is 0.681 bits per heavy atom. The van der Waals surface area contributed by atoms with Crippen LogP contribution in [0.1, 0.15) is 156 Å². The van der Waals surface area contributed by atoms with Crippen molar-refractivity contribution in [3.05, 3.63) is 87.7 Å². The number of carbonyl (C=O) groups is 5. The van der Waals surface area contributed by atoms with Gasteiger partial charge in [-0.1, -0.05) is 159 Å². The van der Waals surface area contributed by atoms with Crippen molar-refractivity contribution < 1.29 is 48.8 Å². The summed E-state index contributed by atoms with van der Waals surface area (Å²) in [6, 6.07) is 19.7. The Hall–Kier alpha value is -3.56. The number of piperidine rings is 1. The summed E-state index contributed by atoms with van der Waals surface area (Å²) in [4.78, 5) is 50.0. The molecule has 0 spiro atoms. The van der Waals surface area contributed by atoms with Gasteiger partial charge < -0.3 is 34.4 Å². The lowest BCUT2D eigenvalue weighted by Gasteiger charge is -2.07. The molecule has 15 heteroatoms. The van der Waals surface area contributed by atoms with Crippen LogP contribution in [-0.4, -0.2) is 108 Å². The van der Waals surface area contributed by atoms with Crippen molar-refractivity contribution in [3.63, 3.8) is 0 Å². The Balaban J connectivity index is -0.000000100. The SMILES string of the molecule is C1CC[NH2+]CC1.C1COCC[NH2+]1.CC.CC.CC(=O)c1c(Cl)nn(C)c1Cl.CC(=O)c1ccccc1.CC(C)=O.CC(C)=O.CC(C)C.CCOC.CCc1ccccc1.COC(C)=O.C[SiH](C)C. The summed E-state index contributed by atoms with van der Waals surface area (Å²) in [5.41, 5.74) is 2.47. The third kappa shape index (κ3) is 88.0. The molecule has 69 heavy (non-hydrogen) atoms. The molecule has 3 heterocycles. The zero-order chi connectivity index (χ0) is 55.6. The van der Waals surface area contributed by atoms with E-state index >= 15 is 0 Å². The van der Waals surface area contributed by atoms with Crippen LogP contribution in [0.25, 0.3) is 0 Å². The second-order valence-corrected chi connectivity index (χ2v) is 20.0. The van der Waals surface area contributed by atoms with Crippen molar-refractivity contribution in [2.24, 2.45) is 13.0 Å². The number of benzene rings is 2. The van der Waals surface area contributed by atoms with Gasteiger partial charge in [0.1, 0.15) is 16.7 Å². The van der Waals surface area contributed by atoms with Crippen LogP contribution < -0.4 is 10.6 Å². The van der Waals surface area contributed by atoms with E-state index in [0.717, 1.165) is 50.8 Å². The second-order valence-electron chi connectivity index (χ2n) is 15.9. The minimum atomic E-state index is -0.245. The molecule has 404 valence electrons. The molecular weight excluding hydrogens is 932 g/mol. The molecular formula is C54H104Cl2N4O8Si+2. The average Bonchev–Trinajstić information content (AvgIpc) is 3.59. The molecule has 2 aromatic carbocycles. The number of Topliss-reactive ketones (excluding diaryl/α,β-unsaturated/α-hetero) is 4. The van der Waals surface area contributed by atoms with Gasteiger partial charge in [-0.05, 0) is 85.6 Å². The van der Waals surface area contributed by atoms with Crippen LogP contribution in [0, 0.1) is 5.92 Å². The van der Waals surface area contributed by atoms with Crippen molar-refractivity contribution >= 4 is 61.1 Å². The van der Waals surface area contributed by atoms with Gasteiger partial charge in [0.2, 0.25) is 0 Å². The normalized spacial score (nSPS) is 10.9. The summed E-state index contributed by atoms with van der Waals surface area (Å²) < 4.78 is 15.1. The van der Waals surface area contributed by atoms with Crippen molar-refractivity contribution in [2.75, 3.05) is 60.2 Å². The molecule has 0 saturated carbocycles. The minimum absolute atomic E-state index is 0.121. The molecule has 2 fully saturated rings. The number of aromatic nitrogens is 2. The smallest absolute Gasteiger partial charge is 0.302 e. The van der Waals surface area contributed by atoms with Gasteiger partial charge in [0.15, 0.2) is 16.7 Å². The van der Waals surface area contributed by atoms with Gasteiger partial charge in [0.05, 0.1) is 52.1 Å². The highest BCUT2D eigenvalue weighted by molar-refractivity contribution is 6.54. The van der Waals surface area contributed by atoms with Crippen molar-refractivity contribution in [1.82, 2.24) is 9.78 Å². The van der Waals surface area contributed by atoms with Crippen molar-refractivity contribution in [2.45, 2.75) is 156 Å². The van der Waals surface area contributed by atoms with Gasteiger partial charge in [-0.3, -0.25) is 19.1 Å². The topological polar surface area (TPSA) is 164 Å². The van der Waals surface area contributed by atoms with Crippen LogP contribution in [0.5, 0.6) is 0 Å². The molecule has 0 radical (unpaired) electrons. The predicted octanol–water partition coefficient (Wildman–Crippen LogP) is 11.2. The monoisotopic (exact) mass is 1030 g/mol. The Labute approximate surface area is 434 Å². The number of hydrogen-bond acceptors (Lipinski definition) is 9. The maximum absolute atomic E-state index is 10.9. The highest BCUT2D eigenvalue weighted by atomic mass is 35.5. The number of aryl methyl sites for hydroxylation is 2. The molecule has 0 bridgehead atoms. The van der Waals surface area contributed by atoms with Crippen molar-refractivity contribution in [1.29, 1.82) is 0 Å². The molecule has 5 rings (SSSR count). The number of nitrogens with zero attached hydrogens (tertiary/aromatic N) is 2. The van der Waals surface area contributed by atoms with Crippen LogP contribution >= 0.6 is 23.2 Å². The molecule has 12 nitrogen and oxygen atoms in total. The quantitative estimate of drug-likeness (QED) is 0.147. The molecule has 0 amide bonds. The first-order chi connectivity index (χ1) is 32.4. The zero-order valence-corrected chi connectivity index (χ0v) is 50.4. The van der Waals surface area contributed by atoms with Gasteiger partial charge in [-0.25, -0.2) is 0 Å². The van der Waals surface area contributed by atoms with E-state index in [1.165, 1.54) is 91.2 Å². The molecule has 1 aromatic heterocycles. The number of nitrogens with two attached hydrogens (primary N) is 2. The summed E-state index contributed by atoms with van der Waals surface area (Å²) in [5.74, 6) is 0.869. The first-order valence-electron chi connectivity index (χ1n) is 24.6. The Morgan fingerprint density at radius 2 is 1.01 bits per heavy atom. The fourth-order valence-electron chi connectivity index (χ4n) is 3.63. The first kappa shape index (κ1) is 82.4. The first-order valence-corrected chi connectivity index (χ1v) is 28.8. The Bertz CT molecular complexity index is 1470. The lowest BCUT2D eigenvalue weighted by Crippen LogP contribution is -2.87. The number of esters is 1. The molecule has 4 N–H and O–H groups in total. The van der Waals surface area contributed by atoms with Crippen LogP contribution in [0.4, 0.5) is 0 Å². The maximum Gasteiger partial charge on any atom is 0.302 e. The molecule has 0 unspecified atom stereocenters. The fourth-order valence-corrected chi connectivity index (χ4v) is 4.27. The largest absolute Gasteiger partial charge is 0.469 e. The molecule has 0 aliphatic carbocycles. The summed E-state index contributed by atoms with van der Waals surface area (Å²) in [6.45, 7) is 43.7. The third-order valence-corrected chi connectivity index (χ3v) is 7.24. The average molecular weight is 1040 g/mol. The van der Waals surface area contributed by atoms with Gasteiger partial charge in [-0.2, -0.15) is 5.10 Å². The van der Waals surface area contributed by atoms with E-state index in [1.807, 2.05) is 71.0 Å². The number of quaternary nitrogens is 2. The highest BCUT2D eigenvalue weighted by Crippen LogP contribution is 2.23.